The average molecular weight is 487 g/mol. The molecule has 1 unspecified atom stereocenters. The Morgan fingerprint density at radius 1 is 0.971 bits per heavy atom. The lowest BCUT2D eigenvalue weighted by atomic mass is 9.82. The Hall–Kier alpha value is -2.55. The third-order valence-electron chi connectivity index (χ3n) is 6.42. The van der Waals surface area contributed by atoms with Crippen molar-refractivity contribution in [1.29, 1.82) is 0 Å². The van der Waals surface area contributed by atoms with Gasteiger partial charge in [-0.15, -0.1) is 0 Å². The van der Waals surface area contributed by atoms with Crippen LogP contribution in [0.4, 0.5) is 26.3 Å². The Morgan fingerprint density at radius 3 is 1.97 bits per heavy atom. The quantitative estimate of drug-likeness (QED) is 0.411. The molecule has 3 nitrogen and oxygen atoms in total. The minimum Gasteiger partial charge on any atom is -0.481 e. The van der Waals surface area contributed by atoms with Crippen molar-refractivity contribution in [2.75, 3.05) is 6.54 Å². The average Bonchev–Trinajstić information content (AvgIpc) is 2.76. The van der Waals surface area contributed by atoms with Gasteiger partial charge in [0.05, 0.1) is 11.1 Å². The van der Waals surface area contributed by atoms with Crippen LogP contribution in [0.1, 0.15) is 73.4 Å². The molecule has 186 valence electrons. The Bertz CT molecular complexity index is 953. The third-order valence-corrected chi connectivity index (χ3v) is 6.42. The number of aliphatic carboxylic acids is 1. The van der Waals surface area contributed by atoms with Crippen molar-refractivity contribution >= 4 is 5.97 Å². The van der Waals surface area contributed by atoms with Crippen LogP contribution in [0, 0.1) is 5.92 Å². The fourth-order valence-electron chi connectivity index (χ4n) is 4.78. The fourth-order valence-corrected chi connectivity index (χ4v) is 4.78. The van der Waals surface area contributed by atoms with E-state index in [1.54, 1.807) is 0 Å². The summed E-state index contributed by atoms with van der Waals surface area (Å²) in [6.45, 7) is 2.46. The van der Waals surface area contributed by atoms with Gasteiger partial charge in [-0.3, -0.25) is 9.69 Å². The van der Waals surface area contributed by atoms with Gasteiger partial charge in [-0.25, -0.2) is 0 Å². The summed E-state index contributed by atoms with van der Waals surface area (Å²) in [5, 5.41) is 9.25. The first kappa shape index (κ1) is 26.1. The molecule has 1 saturated heterocycles. The van der Waals surface area contributed by atoms with E-state index in [1.807, 2.05) is 6.92 Å². The van der Waals surface area contributed by atoms with Gasteiger partial charge in [-0.1, -0.05) is 37.6 Å². The monoisotopic (exact) mass is 487 g/mol. The highest BCUT2D eigenvalue weighted by Crippen LogP contribution is 2.43. The Morgan fingerprint density at radius 2 is 1.50 bits per heavy atom. The first-order chi connectivity index (χ1) is 15.9. The number of carboxylic acid groups (broad SMARTS) is 1. The summed E-state index contributed by atoms with van der Waals surface area (Å²) >= 11 is 0. The zero-order chi connectivity index (χ0) is 25.1. The molecule has 0 radical (unpaired) electrons. The highest BCUT2D eigenvalue weighted by Gasteiger charge is 2.37. The second kappa shape index (κ2) is 10.4. The van der Waals surface area contributed by atoms with Crippen LogP contribution in [0.25, 0.3) is 0 Å². The molecule has 0 bridgehead atoms. The summed E-state index contributed by atoms with van der Waals surface area (Å²) in [7, 11) is 0. The van der Waals surface area contributed by atoms with E-state index in [2.05, 4.69) is 4.90 Å². The van der Waals surface area contributed by atoms with Crippen molar-refractivity contribution in [1.82, 2.24) is 4.90 Å². The first-order valence-corrected chi connectivity index (χ1v) is 11.2. The fraction of sp³-hybridized carbons (Fsp3) is 0.480. The highest BCUT2D eigenvalue weighted by atomic mass is 19.4. The Kier molecular flexibility index (Phi) is 7.95. The minimum atomic E-state index is -4.47. The van der Waals surface area contributed by atoms with Crippen molar-refractivity contribution in [2.24, 2.45) is 5.92 Å². The van der Waals surface area contributed by atoms with E-state index in [0.29, 0.717) is 36.9 Å². The number of benzene rings is 2. The number of rotatable bonds is 7. The van der Waals surface area contributed by atoms with Gasteiger partial charge in [0.2, 0.25) is 0 Å². The van der Waals surface area contributed by atoms with Crippen molar-refractivity contribution in [3.63, 3.8) is 0 Å². The second-order valence-electron chi connectivity index (χ2n) is 8.79. The van der Waals surface area contributed by atoms with E-state index in [0.717, 1.165) is 30.7 Å². The van der Waals surface area contributed by atoms with Crippen LogP contribution in [-0.4, -0.2) is 22.5 Å². The number of nitrogens with zero attached hydrogens (tertiary/aromatic N) is 1. The molecule has 1 fully saturated rings. The molecule has 0 saturated carbocycles. The van der Waals surface area contributed by atoms with Crippen molar-refractivity contribution < 1.29 is 36.2 Å². The molecule has 3 atom stereocenters. The number of piperidine rings is 1. The molecule has 9 heteroatoms. The summed E-state index contributed by atoms with van der Waals surface area (Å²) in [5.74, 6) is -1.08. The molecule has 2 aromatic carbocycles. The molecular weight excluding hydrogens is 460 g/mol. The third kappa shape index (κ3) is 6.31. The van der Waals surface area contributed by atoms with Gasteiger partial charge in [-0.05, 0) is 67.1 Å². The number of halogens is 6. The first-order valence-electron chi connectivity index (χ1n) is 11.2. The molecule has 3 rings (SSSR count). The maximum absolute atomic E-state index is 13.1. The number of likely N-dealkylation sites (tertiary alicyclic amines) is 1. The number of hydrogen-bond acceptors (Lipinski definition) is 2. The Labute approximate surface area is 194 Å². The van der Waals surface area contributed by atoms with Crippen LogP contribution in [0.2, 0.25) is 0 Å². The molecule has 0 aromatic heterocycles. The predicted octanol–water partition coefficient (Wildman–Crippen LogP) is 7.49. The SMILES string of the molecule is CCCC(c1ccc(C(F)(F)F)cc1)N1CC[C@H](CC(=O)O)C[C@@H]1c1ccc(C(F)(F)F)cc1. The van der Waals surface area contributed by atoms with Crippen LogP contribution >= 0.6 is 0 Å². The normalized spacial score (nSPS) is 20.8. The lowest BCUT2D eigenvalue weighted by Crippen LogP contribution is -2.40. The van der Waals surface area contributed by atoms with Crippen LogP contribution in [0.3, 0.4) is 0 Å². The zero-order valence-electron chi connectivity index (χ0n) is 18.7. The van der Waals surface area contributed by atoms with Gasteiger partial charge in [0.1, 0.15) is 0 Å². The topological polar surface area (TPSA) is 40.5 Å². The van der Waals surface area contributed by atoms with Crippen LogP contribution < -0.4 is 0 Å². The number of carbonyl (C=O) groups is 1. The summed E-state index contributed by atoms with van der Waals surface area (Å²) in [4.78, 5) is 13.4. The lowest BCUT2D eigenvalue weighted by Gasteiger charge is -2.44. The van der Waals surface area contributed by atoms with E-state index in [1.165, 1.54) is 24.3 Å². The van der Waals surface area contributed by atoms with Gasteiger partial charge in [-0.2, -0.15) is 26.3 Å². The zero-order valence-corrected chi connectivity index (χ0v) is 18.7. The summed E-state index contributed by atoms with van der Waals surface area (Å²) in [6.07, 6.45) is -6.53. The molecule has 1 N–H and O–H groups in total. The number of alkyl halides is 6. The minimum absolute atomic E-state index is 0.0380. The molecule has 0 aliphatic carbocycles. The lowest BCUT2D eigenvalue weighted by molar-refractivity contribution is -0.139. The summed E-state index contributed by atoms with van der Waals surface area (Å²) in [5.41, 5.74) is -0.181. The van der Waals surface area contributed by atoms with Gasteiger partial charge in [0.15, 0.2) is 0 Å². The van der Waals surface area contributed by atoms with Crippen LogP contribution in [0.5, 0.6) is 0 Å². The van der Waals surface area contributed by atoms with Crippen molar-refractivity contribution in [3.8, 4) is 0 Å². The second-order valence-corrected chi connectivity index (χ2v) is 8.79. The molecule has 1 heterocycles. The van der Waals surface area contributed by atoms with E-state index in [9.17, 15) is 36.2 Å². The molecule has 1 aliphatic heterocycles. The largest absolute Gasteiger partial charge is 0.481 e. The highest BCUT2D eigenvalue weighted by molar-refractivity contribution is 5.67. The molecule has 0 spiro atoms. The molecule has 34 heavy (non-hydrogen) atoms. The maximum atomic E-state index is 13.1. The van der Waals surface area contributed by atoms with E-state index in [-0.39, 0.29) is 24.4 Å². The van der Waals surface area contributed by atoms with Gasteiger partial charge in [0, 0.05) is 18.5 Å². The summed E-state index contributed by atoms with van der Waals surface area (Å²) in [6, 6.07) is 9.27. The molecule has 0 amide bonds. The van der Waals surface area contributed by atoms with Crippen molar-refractivity contribution in [3.05, 3.63) is 70.8 Å². The number of carboxylic acids is 1. The Balaban J connectivity index is 1.96. The van der Waals surface area contributed by atoms with Crippen LogP contribution in [0.15, 0.2) is 48.5 Å². The molecule has 1 aliphatic rings. The van der Waals surface area contributed by atoms with Crippen LogP contribution in [-0.2, 0) is 17.1 Å². The van der Waals surface area contributed by atoms with E-state index >= 15 is 0 Å². The van der Waals surface area contributed by atoms with Gasteiger partial charge < -0.3 is 5.11 Å². The number of hydrogen-bond donors (Lipinski definition) is 1. The molecule has 2 aromatic rings. The van der Waals surface area contributed by atoms with Gasteiger partial charge in [0.25, 0.3) is 0 Å². The van der Waals surface area contributed by atoms with Crippen molar-refractivity contribution in [2.45, 2.75) is 63.5 Å². The molecular formula is C25H27F6NO2. The smallest absolute Gasteiger partial charge is 0.416 e. The standard InChI is InChI=1S/C25H27F6NO2/c1-2-3-21(17-4-8-19(9-5-17)24(26,27)28)32-13-12-16(15-23(33)34)14-22(32)18-6-10-20(11-7-18)25(29,30)31/h4-11,16,21-22H,2-3,12-15H2,1H3,(H,33,34)/t16-,21?,22+/m0/s1. The predicted molar refractivity (Wildman–Crippen MR) is 115 cm³/mol. The maximum Gasteiger partial charge on any atom is 0.416 e. The summed E-state index contributed by atoms with van der Waals surface area (Å²) < 4.78 is 78.3. The van der Waals surface area contributed by atoms with Gasteiger partial charge >= 0.3 is 18.3 Å². The van der Waals surface area contributed by atoms with E-state index in [4.69, 9.17) is 0 Å². The van der Waals surface area contributed by atoms with E-state index < -0.39 is 29.4 Å².